The molecule has 1 amide bonds. The van der Waals surface area contributed by atoms with E-state index in [1.54, 1.807) is 0 Å². The second-order valence-electron chi connectivity index (χ2n) is 3.52. The second-order valence-corrected chi connectivity index (χ2v) is 3.88. The molecule has 94 valence electrons. The van der Waals surface area contributed by atoms with E-state index in [4.69, 9.17) is 11.6 Å². The minimum absolute atomic E-state index is 0.0680. The van der Waals surface area contributed by atoms with E-state index < -0.39 is 5.91 Å². The number of carbonyl (C=O) groups excluding carboxylic acids is 1. The molecule has 3 aromatic rings. The molecule has 0 radical (unpaired) electrons. The van der Waals surface area contributed by atoms with E-state index in [2.05, 4.69) is 35.2 Å². The fourth-order valence-electron chi connectivity index (χ4n) is 1.44. The van der Waals surface area contributed by atoms with Crippen molar-refractivity contribution < 1.29 is 4.79 Å². The standard InChI is InChI=1S/C10H6ClN7O/c11-7-6-8(15-4-14-6)17-10(16-7)18-9(19)5-1-12-3-13-2-5/h1-4H,(H2,14,15,16,17,18,19). The molecule has 0 spiro atoms. The first-order chi connectivity index (χ1) is 9.24. The van der Waals surface area contributed by atoms with Gasteiger partial charge in [-0.25, -0.2) is 15.0 Å². The molecule has 19 heavy (non-hydrogen) atoms. The molecule has 0 fully saturated rings. The number of anilines is 1. The zero-order chi connectivity index (χ0) is 13.2. The number of imidazole rings is 1. The summed E-state index contributed by atoms with van der Waals surface area (Å²) in [6.45, 7) is 0. The van der Waals surface area contributed by atoms with E-state index in [0.29, 0.717) is 16.7 Å². The van der Waals surface area contributed by atoms with Gasteiger partial charge in [0.25, 0.3) is 5.91 Å². The summed E-state index contributed by atoms with van der Waals surface area (Å²) in [6.07, 6.45) is 5.55. The van der Waals surface area contributed by atoms with Crippen LogP contribution in [0.5, 0.6) is 0 Å². The molecule has 3 rings (SSSR count). The molecular weight excluding hydrogens is 270 g/mol. The van der Waals surface area contributed by atoms with Crippen LogP contribution in [-0.2, 0) is 0 Å². The van der Waals surface area contributed by atoms with E-state index in [0.717, 1.165) is 0 Å². The monoisotopic (exact) mass is 275 g/mol. The topological polar surface area (TPSA) is 109 Å². The van der Waals surface area contributed by atoms with E-state index >= 15 is 0 Å². The lowest BCUT2D eigenvalue weighted by molar-refractivity contribution is 0.102. The molecule has 3 aromatic heterocycles. The first-order valence-corrected chi connectivity index (χ1v) is 5.55. The average Bonchev–Trinajstić information content (AvgIpc) is 2.88. The summed E-state index contributed by atoms with van der Waals surface area (Å²) in [5.41, 5.74) is 1.19. The van der Waals surface area contributed by atoms with Crippen LogP contribution in [0.15, 0.2) is 25.0 Å². The number of hydrogen-bond donors (Lipinski definition) is 2. The van der Waals surface area contributed by atoms with Gasteiger partial charge in [-0.15, -0.1) is 0 Å². The lowest BCUT2D eigenvalue weighted by atomic mass is 10.3. The quantitative estimate of drug-likeness (QED) is 0.677. The summed E-state index contributed by atoms with van der Waals surface area (Å²) in [6, 6.07) is 0. The number of nitrogens with one attached hydrogen (secondary N) is 2. The largest absolute Gasteiger partial charge is 0.341 e. The number of hydrogen-bond acceptors (Lipinski definition) is 6. The number of halogens is 1. The van der Waals surface area contributed by atoms with E-state index in [1.807, 2.05) is 0 Å². The van der Waals surface area contributed by atoms with Crippen LogP contribution in [0.4, 0.5) is 5.95 Å². The number of aromatic amines is 1. The summed E-state index contributed by atoms with van der Waals surface area (Å²) in [5.74, 6) is -0.356. The van der Waals surface area contributed by atoms with Gasteiger partial charge in [-0.1, -0.05) is 11.6 Å². The molecule has 0 atom stereocenters. The van der Waals surface area contributed by atoms with Crippen LogP contribution in [0.3, 0.4) is 0 Å². The third-order valence-electron chi connectivity index (χ3n) is 2.29. The van der Waals surface area contributed by atoms with Gasteiger partial charge in [0, 0.05) is 12.4 Å². The molecule has 8 nitrogen and oxygen atoms in total. The summed E-state index contributed by atoms with van der Waals surface area (Å²) >= 11 is 5.93. The Morgan fingerprint density at radius 1 is 1.26 bits per heavy atom. The van der Waals surface area contributed by atoms with Gasteiger partial charge in [-0.05, 0) is 0 Å². The van der Waals surface area contributed by atoms with Gasteiger partial charge in [-0.2, -0.15) is 9.97 Å². The van der Waals surface area contributed by atoms with Crippen LogP contribution in [0.1, 0.15) is 10.4 Å². The summed E-state index contributed by atoms with van der Waals surface area (Å²) < 4.78 is 0. The maximum absolute atomic E-state index is 11.9. The SMILES string of the molecule is O=C(Nc1nc(Cl)c2[nH]cnc2n1)c1cncnc1. The second kappa shape index (κ2) is 4.58. The number of amides is 1. The maximum atomic E-state index is 11.9. The predicted octanol–water partition coefficient (Wildman–Crippen LogP) is 1.05. The molecule has 3 heterocycles. The Kier molecular flexibility index (Phi) is 2.76. The fraction of sp³-hybridized carbons (Fsp3) is 0. The molecule has 0 unspecified atom stereocenters. The molecule has 0 aromatic carbocycles. The summed E-state index contributed by atoms with van der Waals surface area (Å²) in [5, 5.41) is 2.68. The Bertz CT molecular complexity index is 742. The van der Waals surface area contributed by atoms with Crippen molar-refractivity contribution in [2.45, 2.75) is 0 Å². The minimum Gasteiger partial charge on any atom is -0.341 e. The average molecular weight is 276 g/mol. The van der Waals surface area contributed by atoms with Gasteiger partial charge in [0.15, 0.2) is 10.8 Å². The number of nitrogens with zero attached hydrogens (tertiary/aromatic N) is 5. The Morgan fingerprint density at radius 2 is 2.05 bits per heavy atom. The third-order valence-corrected chi connectivity index (χ3v) is 2.56. The Morgan fingerprint density at radius 3 is 2.84 bits per heavy atom. The Hall–Kier alpha value is -2.61. The van der Waals surface area contributed by atoms with E-state index in [-0.39, 0.29) is 11.1 Å². The zero-order valence-electron chi connectivity index (χ0n) is 9.33. The Labute approximate surface area is 111 Å². The van der Waals surface area contributed by atoms with Crippen LogP contribution in [0.2, 0.25) is 5.15 Å². The number of fused-ring (bicyclic) bond motifs is 1. The molecular formula is C10H6ClN7O. The predicted molar refractivity (Wildman–Crippen MR) is 66.7 cm³/mol. The van der Waals surface area contributed by atoms with Gasteiger partial charge in [0.1, 0.15) is 11.8 Å². The maximum Gasteiger partial charge on any atom is 0.261 e. The molecule has 9 heteroatoms. The normalized spacial score (nSPS) is 10.6. The van der Waals surface area contributed by atoms with Crippen LogP contribution in [0, 0.1) is 0 Å². The highest BCUT2D eigenvalue weighted by Gasteiger charge is 2.12. The molecule has 0 bridgehead atoms. The van der Waals surface area contributed by atoms with Gasteiger partial charge in [0.05, 0.1) is 11.9 Å². The van der Waals surface area contributed by atoms with Crippen molar-refractivity contribution in [2.24, 2.45) is 0 Å². The van der Waals surface area contributed by atoms with Crippen LogP contribution < -0.4 is 5.32 Å². The molecule has 0 saturated heterocycles. The highest BCUT2D eigenvalue weighted by molar-refractivity contribution is 6.33. The van der Waals surface area contributed by atoms with Crippen LogP contribution in [0.25, 0.3) is 11.2 Å². The van der Waals surface area contributed by atoms with Crippen molar-refractivity contribution in [3.63, 3.8) is 0 Å². The first kappa shape index (κ1) is 11.5. The molecule has 2 N–H and O–H groups in total. The highest BCUT2D eigenvalue weighted by atomic mass is 35.5. The van der Waals surface area contributed by atoms with Crippen molar-refractivity contribution in [2.75, 3.05) is 5.32 Å². The van der Waals surface area contributed by atoms with Crippen molar-refractivity contribution in [1.29, 1.82) is 0 Å². The number of carbonyl (C=O) groups is 1. The fourth-order valence-corrected chi connectivity index (χ4v) is 1.66. The summed E-state index contributed by atoms with van der Waals surface area (Å²) in [4.78, 5) is 34.1. The van der Waals surface area contributed by atoms with Gasteiger partial charge in [0.2, 0.25) is 5.95 Å². The number of aromatic nitrogens is 6. The lowest BCUT2D eigenvalue weighted by Gasteiger charge is -2.03. The molecule has 0 aliphatic carbocycles. The Balaban J connectivity index is 1.91. The van der Waals surface area contributed by atoms with E-state index in [1.165, 1.54) is 25.0 Å². The number of H-pyrrole nitrogens is 1. The lowest BCUT2D eigenvalue weighted by Crippen LogP contribution is -2.14. The van der Waals surface area contributed by atoms with Crippen molar-refractivity contribution in [3.05, 3.63) is 35.8 Å². The van der Waals surface area contributed by atoms with Gasteiger partial charge < -0.3 is 4.98 Å². The zero-order valence-corrected chi connectivity index (χ0v) is 10.1. The van der Waals surface area contributed by atoms with Crippen LogP contribution in [-0.4, -0.2) is 35.8 Å². The van der Waals surface area contributed by atoms with Gasteiger partial charge >= 0.3 is 0 Å². The van der Waals surface area contributed by atoms with Crippen LogP contribution >= 0.6 is 11.6 Å². The summed E-state index contributed by atoms with van der Waals surface area (Å²) in [7, 11) is 0. The molecule has 0 aliphatic rings. The molecule has 0 saturated carbocycles. The van der Waals surface area contributed by atoms with Crippen molar-refractivity contribution in [3.8, 4) is 0 Å². The van der Waals surface area contributed by atoms with E-state index in [9.17, 15) is 4.79 Å². The highest BCUT2D eigenvalue weighted by Crippen LogP contribution is 2.18. The van der Waals surface area contributed by atoms with Crippen molar-refractivity contribution >= 4 is 34.6 Å². The first-order valence-electron chi connectivity index (χ1n) is 5.17. The molecule has 0 aliphatic heterocycles. The minimum atomic E-state index is -0.424. The number of rotatable bonds is 2. The van der Waals surface area contributed by atoms with Crippen molar-refractivity contribution in [1.82, 2.24) is 29.9 Å². The smallest absolute Gasteiger partial charge is 0.261 e. The van der Waals surface area contributed by atoms with Gasteiger partial charge in [-0.3, -0.25) is 10.1 Å². The third kappa shape index (κ3) is 2.20.